The molecule has 0 atom stereocenters. The van der Waals surface area contributed by atoms with Crippen molar-refractivity contribution in [2.75, 3.05) is 13.7 Å². The third-order valence-electron chi connectivity index (χ3n) is 5.87. The Balaban J connectivity index is 1.32. The van der Waals surface area contributed by atoms with Gasteiger partial charge >= 0.3 is 10.8 Å². The fourth-order valence-corrected chi connectivity index (χ4v) is 4.90. The van der Waals surface area contributed by atoms with E-state index in [2.05, 4.69) is 0 Å². The second-order valence-electron chi connectivity index (χ2n) is 9.03. The number of aromatic nitrogens is 1. The fourth-order valence-electron chi connectivity index (χ4n) is 3.95. The van der Waals surface area contributed by atoms with Crippen LogP contribution in [-0.4, -0.2) is 35.6 Å². The number of rotatable bonds is 11. The van der Waals surface area contributed by atoms with E-state index in [1.807, 2.05) is 30.3 Å². The zero-order chi connectivity index (χ0) is 26.4. The predicted octanol–water partition coefficient (Wildman–Crippen LogP) is 5.48. The summed E-state index contributed by atoms with van der Waals surface area (Å²) < 4.78 is 18.9. The quantitative estimate of drug-likeness (QED) is 0.148. The first-order valence-electron chi connectivity index (χ1n) is 12.0. The van der Waals surface area contributed by atoms with Gasteiger partial charge in [-0.05, 0) is 57.0 Å². The molecule has 0 bridgehead atoms. The molecule has 8 heteroatoms. The van der Waals surface area contributed by atoms with Crippen molar-refractivity contribution in [3.05, 3.63) is 93.6 Å². The van der Waals surface area contributed by atoms with E-state index in [4.69, 9.17) is 14.2 Å². The largest absolute Gasteiger partial charge is 0.493 e. The van der Waals surface area contributed by atoms with E-state index >= 15 is 0 Å². The van der Waals surface area contributed by atoms with Crippen LogP contribution in [0.1, 0.15) is 42.6 Å². The molecule has 1 aromatic heterocycles. The summed E-state index contributed by atoms with van der Waals surface area (Å²) in [6.07, 6.45) is 1.50. The number of ether oxygens (including phenoxy) is 3. The lowest BCUT2D eigenvalue weighted by atomic mass is 10.0. The zero-order valence-electron chi connectivity index (χ0n) is 21.1. The Morgan fingerprint density at radius 1 is 0.892 bits per heavy atom. The molecule has 0 amide bonds. The summed E-state index contributed by atoms with van der Waals surface area (Å²) in [5, 5.41) is 0. The molecule has 0 radical (unpaired) electrons. The highest BCUT2D eigenvalue weighted by molar-refractivity contribution is 7.16. The number of nitrogens with zero attached hydrogens (tertiary/aromatic N) is 1. The third-order valence-corrected chi connectivity index (χ3v) is 6.81. The Hall–Kier alpha value is -3.91. The van der Waals surface area contributed by atoms with Crippen LogP contribution in [0.4, 0.5) is 0 Å². The molecular formula is C29H29NO6S. The van der Waals surface area contributed by atoms with Gasteiger partial charge in [-0.2, -0.15) is 0 Å². The second-order valence-corrected chi connectivity index (χ2v) is 10.0. The molecule has 0 spiro atoms. The number of carbonyl (C=O) groups is 2. The Labute approximate surface area is 219 Å². The average molecular weight is 520 g/mol. The fraction of sp³-hybridized carbons (Fsp3) is 0.276. The number of fused-ring (bicyclic) bond motifs is 1. The van der Waals surface area contributed by atoms with Crippen molar-refractivity contribution >= 4 is 33.3 Å². The molecule has 4 aromatic rings. The summed E-state index contributed by atoms with van der Waals surface area (Å²) in [4.78, 5) is 37.2. The van der Waals surface area contributed by atoms with Crippen molar-refractivity contribution in [3.8, 4) is 11.5 Å². The molecule has 4 rings (SSSR count). The lowest BCUT2D eigenvalue weighted by molar-refractivity contribution is -0.156. The van der Waals surface area contributed by atoms with Crippen LogP contribution in [-0.2, 0) is 16.1 Å². The van der Waals surface area contributed by atoms with Gasteiger partial charge in [-0.3, -0.25) is 14.2 Å². The van der Waals surface area contributed by atoms with Crippen LogP contribution in [0, 0.1) is 0 Å². The summed E-state index contributed by atoms with van der Waals surface area (Å²) in [6, 6.07) is 21.6. The number of unbranched alkanes of at least 4 members (excludes halogenated alkanes) is 1. The first-order chi connectivity index (χ1) is 17.8. The summed E-state index contributed by atoms with van der Waals surface area (Å²) >= 11 is 1.15. The monoisotopic (exact) mass is 519 g/mol. The maximum absolute atomic E-state index is 12.8. The molecule has 3 aromatic carbocycles. The zero-order valence-corrected chi connectivity index (χ0v) is 21.9. The van der Waals surface area contributed by atoms with Gasteiger partial charge < -0.3 is 14.2 Å². The Bertz CT molecular complexity index is 1450. The van der Waals surface area contributed by atoms with E-state index in [1.54, 1.807) is 60.9 Å². The van der Waals surface area contributed by atoms with Gasteiger partial charge in [0, 0.05) is 23.7 Å². The van der Waals surface area contributed by atoms with E-state index in [0.717, 1.165) is 34.4 Å². The number of hydrogen-bond acceptors (Lipinski definition) is 7. The van der Waals surface area contributed by atoms with E-state index in [9.17, 15) is 14.4 Å². The molecule has 0 saturated carbocycles. The minimum absolute atomic E-state index is 0.0432. The SMILES string of the molecule is COC(=O)C(C)(C)Oc1cccc(OCCCCn2c(=O)sc3cc(C(=O)c4ccccc4)ccc32)c1. The Morgan fingerprint density at radius 2 is 1.65 bits per heavy atom. The number of benzene rings is 3. The summed E-state index contributed by atoms with van der Waals surface area (Å²) in [6.45, 7) is 4.32. The lowest BCUT2D eigenvalue weighted by Crippen LogP contribution is -2.39. The van der Waals surface area contributed by atoms with Crippen LogP contribution >= 0.6 is 11.3 Å². The van der Waals surface area contributed by atoms with Gasteiger partial charge in [0.1, 0.15) is 11.5 Å². The maximum Gasteiger partial charge on any atom is 0.349 e. The average Bonchev–Trinajstić information content (AvgIpc) is 3.22. The van der Waals surface area contributed by atoms with Crippen LogP contribution in [0.2, 0.25) is 0 Å². The second kappa shape index (κ2) is 11.4. The van der Waals surface area contributed by atoms with Crippen molar-refractivity contribution in [1.29, 1.82) is 0 Å². The highest BCUT2D eigenvalue weighted by Gasteiger charge is 2.31. The van der Waals surface area contributed by atoms with Gasteiger partial charge in [0.05, 0.1) is 23.9 Å². The molecule has 7 nitrogen and oxygen atoms in total. The molecular weight excluding hydrogens is 490 g/mol. The topological polar surface area (TPSA) is 83.8 Å². The van der Waals surface area contributed by atoms with Gasteiger partial charge in [-0.1, -0.05) is 47.7 Å². The summed E-state index contributed by atoms with van der Waals surface area (Å²) in [7, 11) is 1.32. The van der Waals surface area contributed by atoms with Crippen LogP contribution in [0.15, 0.2) is 77.6 Å². The lowest BCUT2D eigenvalue weighted by Gasteiger charge is -2.23. The molecule has 0 aliphatic heterocycles. The number of aryl methyl sites for hydroxylation is 1. The van der Waals surface area contributed by atoms with Crippen LogP contribution in [0.25, 0.3) is 10.2 Å². The van der Waals surface area contributed by atoms with Gasteiger partial charge in [-0.25, -0.2) is 4.79 Å². The van der Waals surface area contributed by atoms with Crippen molar-refractivity contribution < 1.29 is 23.8 Å². The number of thiazole rings is 1. The van der Waals surface area contributed by atoms with Crippen molar-refractivity contribution in [2.24, 2.45) is 0 Å². The number of ketones is 1. The highest BCUT2D eigenvalue weighted by Crippen LogP contribution is 2.25. The van der Waals surface area contributed by atoms with E-state index < -0.39 is 11.6 Å². The van der Waals surface area contributed by atoms with E-state index in [0.29, 0.717) is 35.8 Å². The molecule has 0 aliphatic rings. The van der Waals surface area contributed by atoms with Gasteiger partial charge in [0.2, 0.25) is 0 Å². The molecule has 0 fully saturated rings. The van der Waals surface area contributed by atoms with E-state index in [-0.39, 0.29) is 10.7 Å². The Kier molecular flexibility index (Phi) is 8.08. The molecule has 0 saturated heterocycles. The number of hydrogen-bond donors (Lipinski definition) is 0. The van der Waals surface area contributed by atoms with E-state index in [1.165, 1.54) is 7.11 Å². The van der Waals surface area contributed by atoms with Crippen molar-refractivity contribution in [1.82, 2.24) is 4.57 Å². The highest BCUT2D eigenvalue weighted by atomic mass is 32.1. The first kappa shape index (κ1) is 26.2. The molecule has 37 heavy (non-hydrogen) atoms. The van der Waals surface area contributed by atoms with Gasteiger partial charge in [-0.15, -0.1) is 0 Å². The van der Waals surface area contributed by atoms with Crippen LogP contribution < -0.4 is 14.3 Å². The molecule has 192 valence electrons. The smallest absolute Gasteiger partial charge is 0.349 e. The number of esters is 1. The molecule has 0 N–H and O–H groups in total. The van der Waals surface area contributed by atoms with Crippen LogP contribution in [0.3, 0.4) is 0 Å². The van der Waals surface area contributed by atoms with Crippen molar-refractivity contribution in [3.63, 3.8) is 0 Å². The first-order valence-corrected chi connectivity index (χ1v) is 12.8. The predicted molar refractivity (Wildman–Crippen MR) is 144 cm³/mol. The van der Waals surface area contributed by atoms with Gasteiger partial charge in [0.25, 0.3) is 0 Å². The number of methoxy groups -OCH3 is 1. The minimum Gasteiger partial charge on any atom is -0.493 e. The van der Waals surface area contributed by atoms with Crippen molar-refractivity contribution in [2.45, 2.75) is 38.8 Å². The standard InChI is InChI=1S/C29H29NO6S/c1-29(2,27(32)34-3)36-23-13-9-12-22(19-23)35-17-8-7-16-30-24-15-14-21(18-25(24)37-28(30)33)26(31)20-10-5-4-6-11-20/h4-6,9-15,18-19H,7-8,16-17H2,1-3H3. The Morgan fingerprint density at radius 3 is 2.41 bits per heavy atom. The molecule has 1 heterocycles. The molecule has 0 unspecified atom stereocenters. The summed E-state index contributed by atoms with van der Waals surface area (Å²) in [5.41, 5.74) is 0.915. The molecule has 0 aliphatic carbocycles. The summed E-state index contributed by atoms with van der Waals surface area (Å²) in [5.74, 6) is 0.616. The maximum atomic E-state index is 12.8. The van der Waals surface area contributed by atoms with Crippen LogP contribution in [0.5, 0.6) is 11.5 Å². The normalized spacial score (nSPS) is 11.3. The minimum atomic E-state index is -1.11. The number of carbonyl (C=O) groups excluding carboxylic acids is 2. The van der Waals surface area contributed by atoms with Gasteiger partial charge in [0.15, 0.2) is 11.4 Å². The third kappa shape index (κ3) is 6.27.